The van der Waals surface area contributed by atoms with Gasteiger partial charge in [-0.05, 0) is 55.3 Å². The van der Waals surface area contributed by atoms with Gasteiger partial charge >= 0.3 is 0 Å². The summed E-state index contributed by atoms with van der Waals surface area (Å²) in [5, 5.41) is 0.633. The molecule has 1 amide bonds. The predicted octanol–water partition coefficient (Wildman–Crippen LogP) is 4.10. The first-order chi connectivity index (χ1) is 12.6. The van der Waals surface area contributed by atoms with Crippen LogP contribution in [-0.4, -0.2) is 38.2 Å². The molecule has 5 nitrogen and oxygen atoms in total. The Morgan fingerprint density at radius 1 is 1.12 bits per heavy atom. The number of benzene rings is 2. The van der Waals surface area contributed by atoms with Crippen molar-refractivity contribution in [1.29, 1.82) is 0 Å². The Bertz CT molecular complexity index is 763. The van der Waals surface area contributed by atoms with E-state index in [1.807, 2.05) is 23.1 Å². The largest absolute Gasteiger partial charge is 0.497 e. The fourth-order valence-corrected chi connectivity index (χ4v) is 3.37. The molecule has 26 heavy (non-hydrogen) atoms. The molecule has 1 atom stereocenters. The van der Waals surface area contributed by atoms with Crippen LogP contribution in [0.3, 0.4) is 0 Å². The number of hydrogen-bond acceptors (Lipinski definition) is 4. The molecule has 1 fully saturated rings. The maximum atomic E-state index is 12.7. The van der Waals surface area contributed by atoms with Gasteiger partial charge in [0.2, 0.25) is 0 Å². The average molecular weight is 376 g/mol. The van der Waals surface area contributed by atoms with Gasteiger partial charge < -0.3 is 19.1 Å². The second-order valence-electron chi connectivity index (χ2n) is 6.10. The number of halogens is 1. The lowest BCUT2D eigenvalue weighted by atomic mass is 10.0. The van der Waals surface area contributed by atoms with Crippen LogP contribution < -0.4 is 14.2 Å². The zero-order valence-corrected chi connectivity index (χ0v) is 15.7. The van der Waals surface area contributed by atoms with Crippen molar-refractivity contribution in [2.75, 3.05) is 27.4 Å². The van der Waals surface area contributed by atoms with Gasteiger partial charge in [0.25, 0.3) is 5.91 Å². The highest BCUT2D eigenvalue weighted by Gasteiger charge is 2.32. The fraction of sp³-hybridized carbons (Fsp3) is 0.350. The van der Waals surface area contributed by atoms with Crippen LogP contribution in [0.5, 0.6) is 17.2 Å². The van der Waals surface area contributed by atoms with Crippen LogP contribution >= 0.6 is 11.6 Å². The molecule has 0 aliphatic carbocycles. The topological polar surface area (TPSA) is 48.0 Å². The first kappa shape index (κ1) is 18.4. The molecule has 0 bridgehead atoms. The van der Waals surface area contributed by atoms with Gasteiger partial charge in [0.1, 0.15) is 17.2 Å². The summed E-state index contributed by atoms with van der Waals surface area (Å²) < 4.78 is 16.4. The highest BCUT2D eigenvalue weighted by Crippen LogP contribution is 2.38. The molecule has 3 rings (SSSR count). The van der Waals surface area contributed by atoms with E-state index in [1.54, 1.807) is 38.5 Å². The summed E-state index contributed by atoms with van der Waals surface area (Å²) in [4.78, 5) is 14.6. The van der Waals surface area contributed by atoms with E-state index in [0.29, 0.717) is 17.3 Å². The van der Waals surface area contributed by atoms with Gasteiger partial charge in [0.05, 0.1) is 20.3 Å². The summed E-state index contributed by atoms with van der Waals surface area (Å²) in [6.07, 6.45) is 1.83. The van der Waals surface area contributed by atoms with E-state index in [1.165, 1.54) is 0 Å². The van der Waals surface area contributed by atoms with Crippen LogP contribution in [-0.2, 0) is 4.79 Å². The van der Waals surface area contributed by atoms with Crippen molar-refractivity contribution in [2.45, 2.75) is 18.9 Å². The molecule has 0 saturated carbocycles. The number of rotatable bonds is 6. The zero-order chi connectivity index (χ0) is 18.5. The molecule has 2 aromatic rings. The fourth-order valence-electron chi connectivity index (χ4n) is 3.25. The summed E-state index contributed by atoms with van der Waals surface area (Å²) in [5.74, 6) is 2.08. The minimum absolute atomic E-state index is 0.00951. The molecule has 0 radical (unpaired) electrons. The van der Waals surface area contributed by atoms with Gasteiger partial charge in [-0.1, -0.05) is 11.6 Å². The predicted molar refractivity (Wildman–Crippen MR) is 100 cm³/mol. The number of carbonyl (C=O) groups excluding carboxylic acids is 1. The molecule has 138 valence electrons. The molecule has 0 spiro atoms. The summed E-state index contributed by atoms with van der Waals surface area (Å²) in [7, 11) is 3.26. The van der Waals surface area contributed by atoms with Crippen LogP contribution in [0.15, 0.2) is 42.5 Å². The molecule has 2 aromatic carbocycles. The Labute approximate surface area is 158 Å². The maximum absolute atomic E-state index is 12.7. The lowest BCUT2D eigenvalue weighted by Gasteiger charge is -2.26. The standard InChI is InChI=1S/C20H22ClNO4/c1-24-16-9-10-19(25-2)17(12-16)18-4-3-11-22(18)20(23)13-26-15-7-5-14(21)6-8-15/h5-10,12,18H,3-4,11,13H2,1-2H3/t18-/m1/s1. The third kappa shape index (κ3) is 4.05. The van der Waals surface area contributed by atoms with Gasteiger partial charge in [-0.15, -0.1) is 0 Å². The second-order valence-corrected chi connectivity index (χ2v) is 6.53. The molecule has 1 saturated heterocycles. The Morgan fingerprint density at radius 3 is 2.54 bits per heavy atom. The van der Waals surface area contributed by atoms with Crippen LogP contribution in [0.25, 0.3) is 0 Å². The molecular weight excluding hydrogens is 354 g/mol. The number of likely N-dealkylation sites (tertiary alicyclic amines) is 1. The van der Waals surface area contributed by atoms with Crippen LogP contribution in [0.1, 0.15) is 24.4 Å². The number of ether oxygens (including phenoxy) is 3. The first-order valence-corrected chi connectivity index (χ1v) is 8.90. The molecule has 0 N–H and O–H groups in total. The molecule has 1 aliphatic rings. The van der Waals surface area contributed by atoms with E-state index in [2.05, 4.69) is 0 Å². The van der Waals surface area contributed by atoms with Gasteiger partial charge in [0, 0.05) is 17.1 Å². The minimum Gasteiger partial charge on any atom is -0.497 e. The molecular formula is C20H22ClNO4. The quantitative estimate of drug-likeness (QED) is 0.762. The normalized spacial score (nSPS) is 16.4. The average Bonchev–Trinajstić information content (AvgIpc) is 3.16. The lowest BCUT2D eigenvalue weighted by Crippen LogP contribution is -2.34. The summed E-state index contributed by atoms with van der Waals surface area (Å²) >= 11 is 5.87. The van der Waals surface area contributed by atoms with Crippen LogP contribution in [0.4, 0.5) is 0 Å². The Balaban J connectivity index is 1.73. The lowest BCUT2D eigenvalue weighted by molar-refractivity contribution is -0.134. The third-order valence-corrected chi connectivity index (χ3v) is 4.80. The van der Waals surface area contributed by atoms with Crippen molar-refractivity contribution in [1.82, 2.24) is 4.90 Å². The van der Waals surface area contributed by atoms with Crippen molar-refractivity contribution in [3.63, 3.8) is 0 Å². The van der Waals surface area contributed by atoms with E-state index in [4.69, 9.17) is 25.8 Å². The smallest absolute Gasteiger partial charge is 0.261 e. The molecule has 0 aromatic heterocycles. The van der Waals surface area contributed by atoms with Crippen molar-refractivity contribution in [3.8, 4) is 17.2 Å². The van der Waals surface area contributed by atoms with Crippen molar-refractivity contribution in [2.24, 2.45) is 0 Å². The number of hydrogen-bond donors (Lipinski definition) is 0. The van der Waals surface area contributed by atoms with E-state index in [-0.39, 0.29) is 18.6 Å². The van der Waals surface area contributed by atoms with Crippen LogP contribution in [0.2, 0.25) is 5.02 Å². The Hall–Kier alpha value is -2.40. The van der Waals surface area contributed by atoms with E-state index < -0.39 is 0 Å². The number of carbonyl (C=O) groups is 1. The number of methoxy groups -OCH3 is 2. The van der Waals surface area contributed by atoms with E-state index in [9.17, 15) is 4.79 Å². The first-order valence-electron chi connectivity index (χ1n) is 8.52. The highest BCUT2D eigenvalue weighted by atomic mass is 35.5. The van der Waals surface area contributed by atoms with Gasteiger partial charge in [-0.3, -0.25) is 4.79 Å². The SMILES string of the molecule is COc1ccc(OC)c([C@H]2CCCN2C(=O)COc2ccc(Cl)cc2)c1. The van der Waals surface area contributed by atoms with Crippen molar-refractivity contribution in [3.05, 3.63) is 53.1 Å². The molecule has 6 heteroatoms. The molecule has 1 heterocycles. The van der Waals surface area contributed by atoms with Crippen molar-refractivity contribution >= 4 is 17.5 Å². The number of amides is 1. The summed E-state index contributed by atoms with van der Waals surface area (Å²) in [5.41, 5.74) is 0.962. The van der Waals surface area contributed by atoms with Crippen molar-refractivity contribution < 1.29 is 19.0 Å². The van der Waals surface area contributed by atoms with Gasteiger partial charge in [0.15, 0.2) is 6.61 Å². The second kappa shape index (κ2) is 8.32. The Kier molecular flexibility index (Phi) is 5.89. The van der Waals surface area contributed by atoms with Crippen LogP contribution in [0, 0.1) is 0 Å². The maximum Gasteiger partial charge on any atom is 0.261 e. The monoisotopic (exact) mass is 375 g/mol. The Morgan fingerprint density at radius 2 is 1.85 bits per heavy atom. The molecule has 0 unspecified atom stereocenters. The van der Waals surface area contributed by atoms with E-state index >= 15 is 0 Å². The summed E-state index contributed by atoms with van der Waals surface area (Å²) in [6.45, 7) is 0.693. The zero-order valence-electron chi connectivity index (χ0n) is 14.9. The molecule has 1 aliphatic heterocycles. The van der Waals surface area contributed by atoms with Gasteiger partial charge in [-0.25, -0.2) is 0 Å². The third-order valence-electron chi connectivity index (χ3n) is 4.54. The number of nitrogens with zero attached hydrogens (tertiary/aromatic N) is 1. The van der Waals surface area contributed by atoms with E-state index in [0.717, 1.165) is 29.9 Å². The summed E-state index contributed by atoms with van der Waals surface area (Å²) in [6, 6.07) is 12.6. The van der Waals surface area contributed by atoms with Gasteiger partial charge in [-0.2, -0.15) is 0 Å². The minimum atomic E-state index is -0.0488. The highest BCUT2D eigenvalue weighted by molar-refractivity contribution is 6.30.